The summed E-state index contributed by atoms with van der Waals surface area (Å²) in [5, 5.41) is 0.143. The fourth-order valence-corrected chi connectivity index (χ4v) is 4.29. The maximum Gasteiger partial charge on any atom is 0.504 e. The summed E-state index contributed by atoms with van der Waals surface area (Å²) in [6.45, 7) is 0. The Labute approximate surface area is 144 Å². The molecule has 0 spiro atoms. The third kappa shape index (κ3) is 1.72. The molecule has 1 aromatic heterocycles. The maximum atomic E-state index is 15.3. The van der Waals surface area contributed by atoms with E-state index in [1.807, 2.05) is 0 Å². The van der Waals surface area contributed by atoms with Crippen LogP contribution in [-0.2, 0) is 6.17 Å². The van der Waals surface area contributed by atoms with Crippen LogP contribution in [-0.4, -0.2) is 23.8 Å². The number of carbonyl (C=O) groups is 1. The number of rotatable bonds is 1. The molecule has 0 unspecified atom stereocenters. The minimum atomic E-state index is -3.55. The average molecular weight is 358 g/mol. The fraction of sp³-hybridized carbons (Fsp3) is 0.118. The Morgan fingerprint density at radius 2 is 1.96 bits per heavy atom. The molecule has 124 valence electrons. The van der Waals surface area contributed by atoms with Gasteiger partial charge in [-0.1, -0.05) is 12.1 Å². The van der Waals surface area contributed by atoms with Crippen molar-refractivity contribution in [2.24, 2.45) is 4.99 Å². The van der Waals surface area contributed by atoms with Gasteiger partial charge in [0.2, 0.25) is 0 Å². The zero-order valence-electron chi connectivity index (χ0n) is 12.9. The summed E-state index contributed by atoms with van der Waals surface area (Å²) in [4.78, 5) is 17.4. The molecule has 0 N–H and O–H groups in total. The van der Waals surface area contributed by atoms with Crippen molar-refractivity contribution in [2.45, 2.75) is 6.17 Å². The van der Waals surface area contributed by atoms with Gasteiger partial charge < -0.3 is 4.74 Å². The van der Waals surface area contributed by atoms with Crippen molar-refractivity contribution in [2.75, 3.05) is 7.11 Å². The molecule has 0 saturated carbocycles. The van der Waals surface area contributed by atoms with Crippen molar-refractivity contribution in [1.29, 1.82) is 0 Å². The number of hydrogen-bond acceptors (Lipinski definition) is 4. The summed E-state index contributed by atoms with van der Waals surface area (Å²) in [6, 6.07) is 11.4. The Morgan fingerprint density at radius 1 is 1.20 bits per heavy atom. The Kier molecular flexibility index (Phi) is 2.66. The predicted octanol–water partition coefficient (Wildman–Crippen LogP) is 3.25. The molecular weight excluding hydrogens is 348 g/mol. The number of methoxy groups -OCH3 is 1. The van der Waals surface area contributed by atoms with Crippen molar-refractivity contribution in [1.82, 2.24) is 4.90 Å². The first-order chi connectivity index (χ1) is 12.0. The molecule has 0 radical (unpaired) electrons. The Balaban J connectivity index is 1.83. The number of carbonyl (C=O) groups excluding carboxylic acids is 1. The Hall–Kier alpha value is -2.87. The summed E-state index contributed by atoms with van der Waals surface area (Å²) in [7, 11) is 1.52. The van der Waals surface area contributed by atoms with Crippen LogP contribution in [0.25, 0.3) is 10.2 Å². The van der Waals surface area contributed by atoms with Gasteiger partial charge in [0.15, 0.2) is 5.52 Å². The second-order valence-electron chi connectivity index (χ2n) is 5.68. The van der Waals surface area contributed by atoms with Gasteiger partial charge >= 0.3 is 11.3 Å². The van der Waals surface area contributed by atoms with Gasteiger partial charge in [-0.2, -0.15) is 4.90 Å². The SMILES string of the molecule is COc1ccc2c(c1)sc1[n+]2C(F)(F)N2C(=O)c3ccccc3C2=N1. The summed E-state index contributed by atoms with van der Waals surface area (Å²) in [5.41, 5.74) is 0.966. The zero-order valence-corrected chi connectivity index (χ0v) is 13.7. The van der Waals surface area contributed by atoms with E-state index in [9.17, 15) is 4.79 Å². The van der Waals surface area contributed by atoms with Crippen molar-refractivity contribution in [3.8, 4) is 5.75 Å². The number of aliphatic imine (C=N–C) groups is 1. The highest BCUT2D eigenvalue weighted by Crippen LogP contribution is 2.42. The first-order valence-electron chi connectivity index (χ1n) is 7.46. The highest BCUT2D eigenvalue weighted by atomic mass is 32.1. The number of nitrogens with zero attached hydrogens (tertiary/aromatic N) is 3. The summed E-state index contributed by atoms with van der Waals surface area (Å²) in [5.74, 6) is -0.181. The van der Waals surface area contributed by atoms with Gasteiger partial charge in [0.1, 0.15) is 5.75 Å². The molecule has 2 aliphatic rings. The normalized spacial score (nSPS) is 17.2. The van der Waals surface area contributed by atoms with E-state index in [2.05, 4.69) is 4.99 Å². The number of ether oxygens (including phenoxy) is 1. The van der Waals surface area contributed by atoms with Crippen LogP contribution < -0.4 is 9.30 Å². The minimum absolute atomic E-state index is 0.0101. The van der Waals surface area contributed by atoms with E-state index >= 15 is 8.78 Å². The number of amides is 1. The molecule has 0 bridgehead atoms. The van der Waals surface area contributed by atoms with E-state index in [1.54, 1.807) is 36.4 Å². The number of amidine groups is 1. The summed E-state index contributed by atoms with van der Waals surface area (Å²) < 4.78 is 37.1. The first-order valence-corrected chi connectivity index (χ1v) is 8.27. The van der Waals surface area contributed by atoms with Gasteiger partial charge in [-0.15, -0.1) is 13.3 Å². The van der Waals surface area contributed by atoms with Crippen LogP contribution >= 0.6 is 11.3 Å². The van der Waals surface area contributed by atoms with E-state index in [1.165, 1.54) is 13.2 Å². The highest BCUT2D eigenvalue weighted by Gasteiger charge is 2.61. The number of hydrogen-bond donors (Lipinski definition) is 0. The molecule has 1 amide bonds. The monoisotopic (exact) mass is 358 g/mol. The van der Waals surface area contributed by atoms with Crippen molar-refractivity contribution < 1.29 is 22.9 Å². The number of alkyl halides is 2. The van der Waals surface area contributed by atoms with Crippen molar-refractivity contribution in [3.63, 3.8) is 0 Å². The molecule has 5 nitrogen and oxygen atoms in total. The van der Waals surface area contributed by atoms with E-state index in [-0.39, 0.29) is 16.5 Å². The third-order valence-electron chi connectivity index (χ3n) is 4.35. The largest absolute Gasteiger partial charge is 0.504 e. The van der Waals surface area contributed by atoms with Crippen LogP contribution in [0.15, 0.2) is 47.5 Å². The molecule has 3 heterocycles. The van der Waals surface area contributed by atoms with Crippen molar-refractivity contribution >= 4 is 38.4 Å². The molecule has 2 aliphatic heterocycles. The van der Waals surface area contributed by atoms with E-state index in [0.29, 0.717) is 26.4 Å². The van der Waals surface area contributed by atoms with Crippen LogP contribution in [0.4, 0.5) is 13.9 Å². The molecule has 0 atom stereocenters. The molecule has 0 aliphatic carbocycles. The number of halogens is 2. The lowest BCUT2D eigenvalue weighted by Gasteiger charge is -2.24. The standard InChI is InChI=1S/C17H10F2N3O2S/c1-24-9-6-7-12-13(8-9)25-16-20-14-10-4-2-3-5-11(10)15(23)22(14)17(18,19)21(12)16/h2-8H,1H3/q+1. The second-order valence-corrected chi connectivity index (χ2v) is 6.69. The van der Waals surface area contributed by atoms with Gasteiger partial charge in [-0.3, -0.25) is 4.79 Å². The number of aromatic nitrogens is 1. The highest BCUT2D eigenvalue weighted by molar-refractivity contribution is 7.21. The Bertz CT molecular complexity index is 1110. The topological polar surface area (TPSA) is 45.8 Å². The van der Waals surface area contributed by atoms with Crippen LogP contribution in [0.5, 0.6) is 5.75 Å². The van der Waals surface area contributed by atoms with Crippen LogP contribution in [0.2, 0.25) is 0 Å². The van der Waals surface area contributed by atoms with Gasteiger partial charge in [0, 0.05) is 6.07 Å². The van der Waals surface area contributed by atoms with Crippen LogP contribution in [0.1, 0.15) is 15.9 Å². The van der Waals surface area contributed by atoms with Crippen LogP contribution in [0.3, 0.4) is 0 Å². The molecule has 5 rings (SSSR count). The van der Waals surface area contributed by atoms with Gasteiger partial charge in [-0.05, 0) is 40.6 Å². The molecule has 3 aromatic rings. The van der Waals surface area contributed by atoms with E-state index in [0.717, 1.165) is 15.9 Å². The molecular formula is C17H10F2N3O2S+. The number of fused-ring (bicyclic) bond motifs is 6. The summed E-state index contributed by atoms with van der Waals surface area (Å²) in [6.07, 6.45) is -3.55. The lowest BCUT2D eigenvalue weighted by molar-refractivity contribution is -0.812. The molecule has 2 aromatic carbocycles. The summed E-state index contributed by atoms with van der Waals surface area (Å²) >= 11 is 1.13. The zero-order chi connectivity index (χ0) is 17.3. The van der Waals surface area contributed by atoms with Gasteiger partial charge in [-0.25, -0.2) is 0 Å². The van der Waals surface area contributed by atoms with Gasteiger partial charge in [0.25, 0.3) is 11.7 Å². The number of thiazole rings is 1. The predicted molar refractivity (Wildman–Crippen MR) is 87.6 cm³/mol. The second kappa shape index (κ2) is 4.60. The van der Waals surface area contributed by atoms with Crippen LogP contribution in [0, 0.1) is 0 Å². The Morgan fingerprint density at radius 3 is 2.72 bits per heavy atom. The smallest absolute Gasteiger partial charge is 0.497 e. The van der Waals surface area contributed by atoms with E-state index in [4.69, 9.17) is 4.74 Å². The lowest BCUT2D eigenvalue weighted by Crippen LogP contribution is -2.64. The number of benzene rings is 2. The lowest BCUT2D eigenvalue weighted by atomic mass is 10.1. The first kappa shape index (κ1) is 14.5. The molecule has 0 fully saturated rings. The minimum Gasteiger partial charge on any atom is -0.497 e. The van der Waals surface area contributed by atoms with Gasteiger partial charge in [0.05, 0.1) is 22.9 Å². The average Bonchev–Trinajstić information content (AvgIpc) is 3.11. The maximum absolute atomic E-state index is 15.3. The fourth-order valence-electron chi connectivity index (χ4n) is 3.22. The molecule has 0 saturated heterocycles. The third-order valence-corrected chi connectivity index (χ3v) is 5.36. The van der Waals surface area contributed by atoms with Crippen molar-refractivity contribution in [3.05, 3.63) is 53.6 Å². The van der Waals surface area contributed by atoms with E-state index < -0.39 is 12.1 Å². The molecule has 25 heavy (non-hydrogen) atoms. The quantitative estimate of drug-likeness (QED) is 0.495. The molecule has 8 heteroatoms.